The maximum Gasteiger partial charge on any atom is 0.318 e. The first-order valence-electron chi connectivity index (χ1n) is 5.84. The normalized spacial score (nSPS) is 11.8. The van der Waals surface area contributed by atoms with Crippen LogP contribution in [0.5, 0.6) is 0 Å². The maximum absolute atomic E-state index is 11.5. The summed E-state index contributed by atoms with van der Waals surface area (Å²) in [5.74, 6) is -1.44. The SMILES string of the molecule is O=C(O)CCCS(=O)CC(=O)OCc1ccccc1. The number of aliphatic carboxylic acids is 1. The maximum atomic E-state index is 11.5. The highest BCUT2D eigenvalue weighted by atomic mass is 32.2. The largest absolute Gasteiger partial charge is 0.481 e. The van der Waals surface area contributed by atoms with Gasteiger partial charge >= 0.3 is 11.9 Å². The summed E-state index contributed by atoms with van der Waals surface area (Å²) in [4.78, 5) is 21.7. The van der Waals surface area contributed by atoms with Crippen LogP contribution in [-0.2, 0) is 31.7 Å². The van der Waals surface area contributed by atoms with Crippen LogP contribution in [0, 0.1) is 0 Å². The van der Waals surface area contributed by atoms with Crippen LogP contribution >= 0.6 is 0 Å². The molecule has 0 aliphatic carbocycles. The molecule has 1 N–H and O–H groups in total. The van der Waals surface area contributed by atoms with Crippen LogP contribution in [0.1, 0.15) is 18.4 Å². The summed E-state index contributed by atoms with van der Waals surface area (Å²) in [6.07, 6.45) is 0.263. The summed E-state index contributed by atoms with van der Waals surface area (Å²) < 4.78 is 16.4. The molecule has 0 spiro atoms. The Morgan fingerprint density at radius 1 is 1.21 bits per heavy atom. The number of hydrogen-bond donors (Lipinski definition) is 1. The summed E-state index contributed by atoms with van der Waals surface area (Å²) in [5.41, 5.74) is 0.868. The number of esters is 1. The number of carbonyl (C=O) groups excluding carboxylic acids is 1. The van der Waals surface area contributed by atoms with Crippen molar-refractivity contribution >= 4 is 22.7 Å². The molecule has 1 rings (SSSR count). The lowest BCUT2D eigenvalue weighted by Crippen LogP contribution is -2.16. The van der Waals surface area contributed by atoms with Crippen molar-refractivity contribution in [3.63, 3.8) is 0 Å². The molecule has 0 aromatic heterocycles. The number of benzene rings is 1. The van der Waals surface area contributed by atoms with Gasteiger partial charge in [0.2, 0.25) is 0 Å². The number of carboxylic acids is 1. The lowest BCUT2D eigenvalue weighted by molar-refractivity contribution is -0.141. The van der Waals surface area contributed by atoms with Crippen LogP contribution in [0.15, 0.2) is 30.3 Å². The van der Waals surface area contributed by atoms with Crippen LogP contribution in [0.3, 0.4) is 0 Å². The lowest BCUT2D eigenvalue weighted by Gasteiger charge is -2.04. The Bertz CT molecular complexity index is 444. The third-order valence-corrected chi connectivity index (χ3v) is 3.59. The first kappa shape index (κ1) is 15.4. The standard InChI is InChI=1S/C13H16O5S/c14-12(15)7-4-8-19(17)10-13(16)18-9-11-5-2-1-3-6-11/h1-3,5-6H,4,7-10H2,(H,14,15). The number of carbonyl (C=O) groups is 2. The lowest BCUT2D eigenvalue weighted by atomic mass is 10.2. The Morgan fingerprint density at radius 2 is 1.89 bits per heavy atom. The Morgan fingerprint density at radius 3 is 2.53 bits per heavy atom. The van der Waals surface area contributed by atoms with Crippen molar-refractivity contribution in [1.29, 1.82) is 0 Å². The van der Waals surface area contributed by atoms with Gasteiger partial charge < -0.3 is 9.84 Å². The summed E-state index contributed by atoms with van der Waals surface area (Å²) in [5, 5.41) is 8.43. The van der Waals surface area contributed by atoms with Crippen molar-refractivity contribution in [3.8, 4) is 0 Å². The van der Waals surface area contributed by atoms with Crippen molar-refractivity contribution < 1.29 is 23.6 Å². The number of ether oxygens (including phenoxy) is 1. The molecule has 1 unspecified atom stereocenters. The fraction of sp³-hybridized carbons (Fsp3) is 0.385. The topological polar surface area (TPSA) is 80.7 Å². The van der Waals surface area contributed by atoms with Crippen LogP contribution in [0.25, 0.3) is 0 Å². The fourth-order valence-corrected chi connectivity index (χ4v) is 2.32. The van der Waals surface area contributed by atoms with Gasteiger partial charge in [0.15, 0.2) is 0 Å². The molecule has 0 amide bonds. The van der Waals surface area contributed by atoms with E-state index in [0.717, 1.165) is 5.56 Å². The minimum absolute atomic E-state index is 0.0369. The van der Waals surface area contributed by atoms with E-state index in [1.54, 1.807) is 0 Å². The molecule has 0 aliphatic rings. The highest BCUT2D eigenvalue weighted by Gasteiger charge is 2.10. The first-order chi connectivity index (χ1) is 9.08. The van der Waals surface area contributed by atoms with Crippen LogP contribution in [0.4, 0.5) is 0 Å². The van der Waals surface area contributed by atoms with E-state index >= 15 is 0 Å². The summed E-state index contributed by atoms with van der Waals surface area (Å²) >= 11 is 0. The zero-order valence-corrected chi connectivity index (χ0v) is 11.2. The number of hydrogen-bond acceptors (Lipinski definition) is 4. The molecule has 0 aliphatic heterocycles. The molecule has 19 heavy (non-hydrogen) atoms. The minimum Gasteiger partial charge on any atom is -0.481 e. The molecular formula is C13H16O5S. The van der Waals surface area contributed by atoms with Crippen molar-refractivity contribution in [2.24, 2.45) is 0 Å². The van der Waals surface area contributed by atoms with Gasteiger partial charge in [-0.3, -0.25) is 13.8 Å². The summed E-state index contributed by atoms with van der Waals surface area (Å²) in [6, 6.07) is 9.21. The van der Waals surface area contributed by atoms with Gasteiger partial charge in [-0.15, -0.1) is 0 Å². The average molecular weight is 284 g/mol. The monoisotopic (exact) mass is 284 g/mol. The van der Waals surface area contributed by atoms with Crippen molar-refractivity contribution in [2.45, 2.75) is 19.4 Å². The van der Waals surface area contributed by atoms with Crippen molar-refractivity contribution in [2.75, 3.05) is 11.5 Å². The molecule has 0 fully saturated rings. The van der Waals surface area contributed by atoms with E-state index in [1.165, 1.54) is 0 Å². The molecule has 0 bridgehead atoms. The zero-order valence-electron chi connectivity index (χ0n) is 10.4. The van der Waals surface area contributed by atoms with Crippen LogP contribution < -0.4 is 0 Å². The van der Waals surface area contributed by atoms with E-state index in [0.29, 0.717) is 6.42 Å². The zero-order chi connectivity index (χ0) is 14.1. The molecule has 1 aromatic rings. The Balaban J connectivity index is 2.20. The summed E-state index contributed by atoms with van der Waals surface area (Å²) in [7, 11) is -1.36. The average Bonchev–Trinajstić information content (AvgIpc) is 2.37. The van der Waals surface area contributed by atoms with Crippen molar-refractivity contribution in [1.82, 2.24) is 0 Å². The Labute approximate surface area is 114 Å². The number of rotatable bonds is 8. The molecule has 6 heteroatoms. The molecule has 0 saturated heterocycles. The van der Waals surface area contributed by atoms with E-state index < -0.39 is 22.7 Å². The van der Waals surface area contributed by atoms with E-state index in [2.05, 4.69) is 0 Å². The van der Waals surface area contributed by atoms with Gasteiger partial charge in [-0.2, -0.15) is 0 Å². The van der Waals surface area contributed by atoms with E-state index in [9.17, 15) is 13.8 Å². The molecule has 0 saturated carbocycles. The second-order valence-electron chi connectivity index (χ2n) is 3.93. The van der Waals surface area contributed by atoms with E-state index in [-0.39, 0.29) is 24.5 Å². The van der Waals surface area contributed by atoms with E-state index in [1.807, 2.05) is 30.3 Å². The van der Waals surface area contributed by atoms with Gasteiger partial charge in [-0.25, -0.2) is 0 Å². The van der Waals surface area contributed by atoms with Crippen molar-refractivity contribution in [3.05, 3.63) is 35.9 Å². The first-order valence-corrected chi connectivity index (χ1v) is 7.33. The molecular weight excluding hydrogens is 268 g/mol. The summed E-state index contributed by atoms with van der Waals surface area (Å²) in [6.45, 7) is 0.159. The molecule has 1 aromatic carbocycles. The van der Waals surface area contributed by atoms with Gasteiger partial charge in [0.1, 0.15) is 12.4 Å². The number of carboxylic acid groups (broad SMARTS) is 1. The predicted molar refractivity (Wildman–Crippen MR) is 71.0 cm³/mol. The second kappa shape index (κ2) is 8.42. The highest BCUT2D eigenvalue weighted by molar-refractivity contribution is 7.85. The van der Waals surface area contributed by atoms with Gasteiger partial charge in [0, 0.05) is 23.0 Å². The highest BCUT2D eigenvalue weighted by Crippen LogP contribution is 2.01. The predicted octanol–water partition coefficient (Wildman–Crippen LogP) is 1.34. The molecule has 0 heterocycles. The second-order valence-corrected chi connectivity index (χ2v) is 5.51. The Kier molecular flexibility index (Phi) is 6.81. The molecule has 1 atom stereocenters. The third-order valence-electron chi connectivity index (χ3n) is 2.28. The van der Waals surface area contributed by atoms with Gasteiger partial charge in [-0.1, -0.05) is 30.3 Å². The molecule has 0 radical (unpaired) electrons. The van der Waals surface area contributed by atoms with Gasteiger partial charge in [0.25, 0.3) is 0 Å². The molecule has 104 valence electrons. The quantitative estimate of drug-likeness (QED) is 0.729. The minimum atomic E-state index is -1.36. The fourth-order valence-electron chi connectivity index (χ4n) is 1.37. The van der Waals surface area contributed by atoms with Gasteiger partial charge in [0.05, 0.1) is 0 Å². The van der Waals surface area contributed by atoms with Gasteiger partial charge in [-0.05, 0) is 12.0 Å². The molecule has 5 nitrogen and oxygen atoms in total. The Hall–Kier alpha value is -1.69. The van der Waals surface area contributed by atoms with E-state index in [4.69, 9.17) is 9.84 Å². The van der Waals surface area contributed by atoms with Crippen LogP contribution in [0.2, 0.25) is 0 Å². The third kappa shape index (κ3) is 7.35. The smallest absolute Gasteiger partial charge is 0.318 e. The van der Waals surface area contributed by atoms with Crippen LogP contribution in [-0.4, -0.2) is 32.8 Å².